The van der Waals surface area contributed by atoms with Crippen molar-refractivity contribution in [2.45, 2.75) is 25.8 Å². The number of nitrogens with zero attached hydrogens (tertiary/aromatic N) is 1. The minimum atomic E-state index is -1.13. The maximum Gasteiger partial charge on any atom is 0.331 e. The maximum absolute atomic E-state index is 12.2. The van der Waals surface area contributed by atoms with E-state index < -0.39 is 12.0 Å². The summed E-state index contributed by atoms with van der Waals surface area (Å²) in [6.07, 6.45) is 1.99. The molecule has 1 aliphatic heterocycles. The molecule has 6 heteroatoms. The number of hydrogen-bond acceptors (Lipinski definition) is 2. The largest absolute Gasteiger partial charge is 0.479 e. The Morgan fingerprint density at radius 2 is 2.19 bits per heavy atom. The van der Waals surface area contributed by atoms with Crippen molar-refractivity contribution in [2.75, 3.05) is 13.1 Å². The SMILES string of the molecule is CCC1CCN(C(=O)N[C@@H](C(=O)O)c2ccccc2Cl)C1. The van der Waals surface area contributed by atoms with Crippen LogP contribution in [0.5, 0.6) is 0 Å². The molecule has 0 aromatic heterocycles. The van der Waals surface area contributed by atoms with Crippen molar-refractivity contribution in [1.29, 1.82) is 0 Å². The zero-order valence-electron chi connectivity index (χ0n) is 11.9. The van der Waals surface area contributed by atoms with Crippen molar-refractivity contribution in [3.05, 3.63) is 34.9 Å². The minimum Gasteiger partial charge on any atom is -0.479 e. The van der Waals surface area contributed by atoms with E-state index in [1.165, 1.54) is 0 Å². The molecule has 0 aliphatic carbocycles. The van der Waals surface area contributed by atoms with Gasteiger partial charge in [0.25, 0.3) is 0 Å². The Labute approximate surface area is 128 Å². The predicted molar refractivity (Wildman–Crippen MR) is 80.3 cm³/mol. The number of carbonyl (C=O) groups is 2. The van der Waals surface area contributed by atoms with Crippen molar-refractivity contribution in [3.8, 4) is 0 Å². The van der Waals surface area contributed by atoms with Crippen LogP contribution in [0, 0.1) is 5.92 Å². The number of nitrogens with one attached hydrogen (secondary N) is 1. The van der Waals surface area contributed by atoms with Gasteiger partial charge in [0.1, 0.15) is 0 Å². The van der Waals surface area contributed by atoms with E-state index in [1.54, 1.807) is 29.2 Å². The van der Waals surface area contributed by atoms with Gasteiger partial charge in [-0.25, -0.2) is 9.59 Å². The number of benzene rings is 1. The van der Waals surface area contributed by atoms with Crippen LogP contribution in [0.2, 0.25) is 5.02 Å². The number of aliphatic carboxylic acids is 1. The predicted octanol–water partition coefficient (Wildman–Crippen LogP) is 2.91. The summed E-state index contributed by atoms with van der Waals surface area (Å²) < 4.78 is 0. The molecule has 2 rings (SSSR count). The molecule has 1 heterocycles. The molecular formula is C15H19ClN2O3. The fraction of sp³-hybridized carbons (Fsp3) is 0.467. The van der Waals surface area contributed by atoms with Crippen LogP contribution in [-0.4, -0.2) is 35.1 Å². The lowest BCUT2D eigenvalue weighted by atomic mass is 10.1. The van der Waals surface area contributed by atoms with Gasteiger partial charge in [-0.3, -0.25) is 0 Å². The highest BCUT2D eigenvalue weighted by molar-refractivity contribution is 6.31. The highest BCUT2D eigenvalue weighted by Gasteiger charge is 2.30. The first-order valence-electron chi connectivity index (χ1n) is 7.05. The van der Waals surface area contributed by atoms with Crippen molar-refractivity contribution in [2.24, 2.45) is 5.92 Å². The number of carbonyl (C=O) groups excluding carboxylic acids is 1. The van der Waals surface area contributed by atoms with Gasteiger partial charge >= 0.3 is 12.0 Å². The van der Waals surface area contributed by atoms with E-state index in [-0.39, 0.29) is 6.03 Å². The average molecular weight is 311 g/mol. The van der Waals surface area contributed by atoms with E-state index in [4.69, 9.17) is 11.6 Å². The third-order valence-electron chi connectivity index (χ3n) is 3.88. The molecule has 0 radical (unpaired) electrons. The molecule has 1 unspecified atom stereocenters. The Hall–Kier alpha value is -1.75. The summed E-state index contributed by atoms with van der Waals surface area (Å²) in [5.41, 5.74) is 0.395. The molecule has 1 saturated heterocycles. The Bertz CT molecular complexity index is 535. The van der Waals surface area contributed by atoms with Gasteiger partial charge < -0.3 is 15.3 Å². The third-order valence-corrected chi connectivity index (χ3v) is 4.23. The summed E-state index contributed by atoms with van der Waals surface area (Å²) in [7, 11) is 0. The summed E-state index contributed by atoms with van der Waals surface area (Å²) in [4.78, 5) is 25.3. The number of rotatable bonds is 4. The zero-order valence-corrected chi connectivity index (χ0v) is 12.6. The molecule has 2 atom stereocenters. The Kier molecular flexibility index (Phi) is 5.07. The first kappa shape index (κ1) is 15.6. The number of hydrogen-bond donors (Lipinski definition) is 2. The zero-order chi connectivity index (χ0) is 15.4. The van der Waals surface area contributed by atoms with E-state index in [2.05, 4.69) is 12.2 Å². The average Bonchev–Trinajstić information content (AvgIpc) is 2.94. The topological polar surface area (TPSA) is 69.6 Å². The molecule has 0 spiro atoms. The second kappa shape index (κ2) is 6.80. The molecule has 0 bridgehead atoms. The molecule has 0 saturated carbocycles. The molecule has 114 valence electrons. The van der Waals surface area contributed by atoms with Crippen LogP contribution in [0.4, 0.5) is 4.79 Å². The fourth-order valence-corrected chi connectivity index (χ4v) is 2.79. The van der Waals surface area contributed by atoms with E-state index in [0.29, 0.717) is 29.6 Å². The van der Waals surface area contributed by atoms with E-state index in [1.807, 2.05) is 0 Å². The molecule has 1 fully saturated rings. The number of amides is 2. The van der Waals surface area contributed by atoms with Gasteiger partial charge in [0.2, 0.25) is 0 Å². The lowest BCUT2D eigenvalue weighted by Gasteiger charge is -2.21. The van der Waals surface area contributed by atoms with Gasteiger partial charge in [-0.15, -0.1) is 0 Å². The number of carboxylic acid groups (broad SMARTS) is 1. The minimum absolute atomic E-state index is 0.332. The highest BCUT2D eigenvalue weighted by atomic mass is 35.5. The fourth-order valence-electron chi connectivity index (χ4n) is 2.55. The first-order valence-corrected chi connectivity index (χ1v) is 7.43. The van der Waals surface area contributed by atoms with Crippen LogP contribution >= 0.6 is 11.6 Å². The third kappa shape index (κ3) is 3.67. The Morgan fingerprint density at radius 1 is 1.48 bits per heavy atom. The summed E-state index contributed by atoms with van der Waals surface area (Å²) in [5.74, 6) is -0.623. The van der Waals surface area contributed by atoms with Crippen molar-refractivity contribution < 1.29 is 14.7 Å². The van der Waals surface area contributed by atoms with E-state index in [9.17, 15) is 14.7 Å². The monoisotopic (exact) mass is 310 g/mol. The van der Waals surface area contributed by atoms with Gasteiger partial charge in [0, 0.05) is 23.7 Å². The quantitative estimate of drug-likeness (QED) is 0.898. The number of likely N-dealkylation sites (tertiary alicyclic amines) is 1. The molecule has 1 aromatic rings. The van der Waals surface area contributed by atoms with Gasteiger partial charge in [0.15, 0.2) is 6.04 Å². The lowest BCUT2D eigenvalue weighted by Crippen LogP contribution is -2.42. The second-order valence-corrected chi connectivity index (χ2v) is 5.66. The van der Waals surface area contributed by atoms with Gasteiger partial charge in [-0.2, -0.15) is 0 Å². The Balaban J connectivity index is 2.09. The molecule has 2 N–H and O–H groups in total. The standard InChI is InChI=1S/C15H19ClN2O3/c1-2-10-7-8-18(9-10)15(21)17-13(14(19)20)11-5-3-4-6-12(11)16/h3-6,10,13H,2,7-9H2,1H3,(H,17,21)(H,19,20)/t10?,13-/m1/s1. The maximum atomic E-state index is 12.2. The van der Waals surface area contributed by atoms with E-state index >= 15 is 0 Å². The summed E-state index contributed by atoms with van der Waals surface area (Å²) >= 11 is 6.02. The number of halogens is 1. The van der Waals surface area contributed by atoms with Crippen LogP contribution in [-0.2, 0) is 4.79 Å². The molecular weight excluding hydrogens is 292 g/mol. The van der Waals surface area contributed by atoms with Crippen LogP contribution in [0.25, 0.3) is 0 Å². The summed E-state index contributed by atoms with van der Waals surface area (Å²) in [6, 6.07) is 5.16. The number of carboxylic acids is 1. The van der Waals surface area contributed by atoms with Crippen LogP contribution < -0.4 is 5.32 Å². The summed E-state index contributed by atoms with van der Waals surface area (Å²) in [5, 5.41) is 12.2. The Morgan fingerprint density at radius 3 is 2.76 bits per heavy atom. The van der Waals surface area contributed by atoms with Crippen molar-refractivity contribution >= 4 is 23.6 Å². The van der Waals surface area contributed by atoms with Crippen LogP contribution in [0.15, 0.2) is 24.3 Å². The molecule has 1 aromatic carbocycles. The number of urea groups is 1. The van der Waals surface area contributed by atoms with Gasteiger partial charge in [0.05, 0.1) is 0 Å². The first-order chi connectivity index (χ1) is 10.0. The molecule has 2 amide bonds. The van der Waals surface area contributed by atoms with E-state index in [0.717, 1.165) is 12.8 Å². The highest BCUT2D eigenvalue weighted by Crippen LogP contribution is 2.24. The smallest absolute Gasteiger partial charge is 0.331 e. The normalized spacial score (nSPS) is 19.3. The van der Waals surface area contributed by atoms with Crippen molar-refractivity contribution in [1.82, 2.24) is 10.2 Å². The lowest BCUT2D eigenvalue weighted by molar-refractivity contribution is -0.139. The molecule has 21 heavy (non-hydrogen) atoms. The van der Waals surface area contributed by atoms with Crippen LogP contribution in [0.1, 0.15) is 31.4 Å². The molecule has 1 aliphatic rings. The molecule has 5 nitrogen and oxygen atoms in total. The van der Waals surface area contributed by atoms with Gasteiger partial charge in [-0.05, 0) is 18.4 Å². The van der Waals surface area contributed by atoms with Crippen molar-refractivity contribution in [3.63, 3.8) is 0 Å². The van der Waals surface area contributed by atoms with Crippen LogP contribution in [0.3, 0.4) is 0 Å². The second-order valence-electron chi connectivity index (χ2n) is 5.25. The van der Waals surface area contributed by atoms with Gasteiger partial charge in [-0.1, -0.05) is 43.1 Å². The summed E-state index contributed by atoms with van der Waals surface area (Å²) in [6.45, 7) is 3.44.